The smallest absolute Gasteiger partial charge is 0.294 e. The number of benzene rings is 2. The molecule has 0 aliphatic carbocycles. The van der Waals surface area contributed by atoms with Gasteiger partial charge in [0.25, 0.3) is 5.91 Å². The quantitative estimate of drug-likeness (QED) is 0.372. The molecular weight excluding hydrogens is 494 g/mol. The Kier molecular flexibility index (Phi) is 6.86. The minimum absolute atomic E-state index is 0.0571. The molecule has 1 atom stereocenters. The van der Waals surface area contributed by atoms with Crippen molar-refractivity contribution < 1.29 is 28.2 Å². The highest BCUT2D eigenvalue weighted by atomic mass is 32.1. The fourth-order valence-electron chi connectivity index (χ4n) is 4.44. The van der Waals surface area contributed by atoms with E-state index in [1.165, 1.54) is 16.2 Å². The summed E-state index contributed by atoms with van der Waals surface area (Å²) >= 11 is 1.52. The Morgan fingerprint density at radius 1 is 1.24 bits per heavy atom. The summed E-state index contributed by atoms with van der Waals surface area (Å²) in [5.41, 5.74) is 2.73. The lowest BCUT2D eigenvalue weighted by Gasteiger charge is -2.37. The third-order valence-corrected chi connectivity index (χ3v) is 7.36. The van der Waals surface area contributed by atoms with Crippen molar-refractivity contribution in [3.8, 4) is 21.9 Å². The standard InChI is InChI=1S/C27H27N3O6S/c1-27(26(32)29-13-18-6-4-5-7-20(18)34-3)15-35-23-19-9-8-17(22-14-28-16-37-22)12-21(19)36-24(23)25(31)30(27)10-11-33-2/h4-9,12,14,16H,10-11,13,15H2,1-3H3,(H,29,32). The van der Waals surface area contributed by atoms with Crippen molar-refractivity contribution in [1.82, 2.24) is 15.2 Å². The maximum atomic E-state index is 13.8. The number of methoxy groups -OCH3 is 2. The summed E-state index contributed by atoms with van der Waals surface area (Å²) in [6, 6.07) is 13.1. The number of aromatic nitrogens is 1. The van der Waals surface area contributed by atoms with Gasteiger partial charge in [0.05, 0.1) is 29.5 Å². The van der Waals surface area contributed by atoms with E-state index in [-0.39, 0.29) is 38.0 Å². The minimum Gasteiger partial charge on any atom is -0.496 e. The maximum absolute atomic E-state index is 13.8. The lowest BCUT2D eigenvalue weighted by Crippen LogP contribution is -2.61. The van der Waals surface area contributed by atoms with Crippen LogP contribution in [0, 0.1) is 0 Å². The largest absolute Gasteiger partial charge is 0.496 e. The molecule has 1 aliphatic heterocycles. The summed E-state index contributed by atoms with van der Waals surface area (Å²) in [7, 11) is 3.13. The fraction of sp³-hybridized carbons (Fsp3) is 0.296. The van der Waals surface area contributed by atoms with Gasteiger partial charge in [-0.3, -0.25) is 14.6 Å². The van der Waals surface area contributed by atoms with Gasteiger partial charge in [0.2, 0.25) is 11.7 Å². The normalized spacial score (nSPS) is 17.3. The van der Waals surface area contributed by atoms with E-state index in [9.17, 15) is 9.59 Å². The van der Waals surface area contributed by atoms with Crippen LogP contribution in [0.5, 0.6) is 11.5 Å². The number of ether oxygens (including phenoxy) is 3. The van der Waals surface area contributed by atoms with Gasteiger partial charge in [0, 0.05) is 32.0 Å². The second kappa shape index (κ2) is 10.2. The van der Waals surface area contributed by atoms with E-state index in [2.05, 4.69) is 10.3 Å². The molecule has 0 saturated heterocycles. The van der Waals surface area contributed by atoms with E-state index in [4.69, 9.17) is 18.6 Å². The van der Waals surface area contributed by atoms with Crippen LogP contribution in [0.3, 0.4) is 0 Å². The second-order valence-corrected chi connectivity index (χ2v) is 9.73. The van der Waals surface area contributed by atoms with Crippen LogP contribution < -0.4 is 14.8 Å². The minimum atomic E-state index is -1.31. The number of amides is 2. The molecule has 10 heteroatoms. The van der Waals surface area contributed by atoms with E-state index in [0.29, 0.717) is 22.5 Å². The summed E-state index contributed by atoms with van der Waals surface area (Å²) in [5, 5.41) is 3.62. The molecule has 1 N–H and O–H groups in total. The second-order valence-electron chi connectivity index (χ2n) is 8.84. The molecule has 1 unspecified atom stereocenters. The highest BCUT2D eigenvalue weighted by Crippen LogP contribution is 2.40. The van der Waals surface area contributed by atoms with Crippen molar-refractivity contribution in [2.75, 3.05) is 34.0 Å². The molecule has 0 bridgehead atoms. The van der Waals surface area contributed by atoms with E-state index in [1.807, 2.05) is 42.5 Å². The molecule has 9 nitrogen and oxygen atoms in total. The number of para-hydroxylation sites is 1. The first kappa shape index (κ1) is 24.8. The Bertz CT molecular complexity index is 1430. The van der Waals surface area contributed by atoms with Crippen LogP contribution in [0.15, 0.2) is 58.6 Å². The lowest BCUT2D eigenvalue weighted by atomic mass is 9.99. The third kappa shape index (κ3) is 4.54. The summed E-state index contributed by atoms with van der Waals surface area (Å²) < 4.78 is 22.8. The van der Waals surface area contributed by atoms with Crippen LogP contribution in [0.2, 0.25) is 0 Å². The van der Waals surface area contributed by atoms with Gasteiger partial charge >= 0.3 is 0 Å². The van der Waals surface area contributed by atoms with Crippen LogP contribution in [0.1, 0.15) is 23.0 Å². The molecule has 0 spiro atoms. The van der Waals surface area contributed by atoms with Gasteiger partial charge in [-0.05, 0) is 30.7 Å². The van der Waals surface area contributed by atoms with Gasteiger partial charge in [-0.25, -0.2) is 0 Å². The summed E-state index contributed by atoms with van der Waals surface area (Å²) in [6.45, 7) is 2.29. The molecular formula is C27H27N3O6S. The van der Waals surface area contributed by atoms with Gasteiger partial charge in [-0.1, -0.05) is 24.3 Å². The third-order valence-electron chi connectivity index (χ3n) is 6.53. The molecule has 0 fully saturated rings. The van der Waals surface area contributed by atoms with Gasteiger partial charge in [0.1, 0.15) is 17.9 Å². The SMILES string of the molecule is COCCN1C(=O)c2oc3cc(-c4cncs4)ccc3c2OCC1(C)C(=O)NCc1ccccc1OC. The highest BCUT2D eigenvalue weighted by molar-refractivity contribution is 7.13. The van der Waals surface area contributed by atoms with E-state index in [0.717, 1.165) is 16.0 Å². The first-order valence-electron chi connectivity index (χ1n) is 11.8. The van der Waals surface area contributed by atoms with Crippen molar-refractivity contribution >= 4 is 34.1 Å². The number of hydrogen-bond donors (Lipinski definition) is 1. The average Bonchev–Trinajstić information content (AvgIpc) is 3.56. The number of rotatable bonds is 8. The number of nitrogens with one attached hydrogen (secondary N) is 1. The number of fused-ring (bicyclic) bond motifs is 3. The molecule has 4 aromatic rings. The van der Waals surface area contributed by atoms with Crippen LogP contribution in [0.25, 0.3) is 21.4 Å². The lowest BCUT2D eigenvalue weighted by molar-refractivity contribution is -0.133. The van der Waals surface area contributed by atoms with Crippen molar-refractivity contribution in [3.63, 3.8) is 0 Å². The summed E-state index contributed by atoms with van der Waals surface area (Å²) in [4.78, 5) is 34.0. The number of carbonyl (C=O) groups is 2. The average molecular weight is 522 g/mol. The predicted molar refractivity (Wildman–Crippen MR) is 139 cm³/mol. The Hall–Kier alpha value is -3.89. The molecule has 2 aromatic heterocycles. The molecule has 0 saturated carbocycles. The van der Waals surface area contributed by atoms with E-state index in [1.54, 1.807) is 32.9 Å². The summed E-state index contributed by atoms with van der Waals surface area (Å²) in [6.07, 6.45) is 1.78. The zero-order valence-corrected chi connectivity index (χ0v) is 21.6. The van der Waals surface area contributed by atoms with Gasteiger partial charge in [0.15, 0.2) is 11.3 Å². The number of furan rings is 1. The molecule has 2 amide bonds. The monoisotopic (exact) mass is 521 g/mol. The predicted octanol–water partition coefficient (Wildman–Crippen LogP) is 4.12. The van der Waals surface area contributed by atoms with Crippen LogP contribution >= 0.6 is 11.3 Å². The van der Waals surface area contributed by atoms with Crippen molar-refractivity contribution in [2.24, 2.45) is 0 Å². The molecule has 3 heterocycles. The van der Waals surface area contributed by atoms with E-state index >= 15 is 0 Å². The molecule has 1 aliphatic rings. The Balaban J connectivity index is 1.46. The molecule has 5 rings (SSSR count). The first-order chi connectivity index (χ1) is 18.0. The highest BCUT2D eigenvalue weighted by Gasteiger charge is 2.47. The van der Waals surface area contributed by atoms with Crippen molar-refractivity contribution in [2.45, 2.75) is 19.0 Å². The molecule has 37 heavy (non-hydrogen) atoms. The zero-order chi connectivity index (χ0) is 26.0. The molecule has 2 aromatic carbocycles. The number of hydrogen-bond acceptors (Lipinski definition) is 8. The van der Waals surface area contributed by atoms with Gasteiger partial charge < -0.3 is 28.8 Å². The summed E-state index contributed by atoms with van der Waals surface area (Å²) in [5.74, 6) is 0.272. The van der Waals surface area contributed by atoms with Crippen LogP contribution in [-0.2, 0) is 16.1 Å². The van der Waals surface area contributed by atoms with Crippen molar-refractivity contribution in [1.29, 1.82) is 0 Å². The fourth-order valence-corrected chi connectivity index (χ4v) is 5.06. The van der Waals surface area contributed by atoms with Gasteiger partial charge in [-0.2, -0.15) is 0 Å². The molecule has 192 valence electrons. The Labute approximate surface area is 217 Å². The zero-order valence-electron chi connectivity index (χ0n) is 20.8. The number of thiazole rings is 1. The Morgan fingerprint density at radius 3 is 2.84 bits per heavy atom. The first-order valence-corrected chi connectivity index (χ1v) is 12.6. The Morgan fingerprint density at radius 2 is 2.08 bits per heavy atom. The van der Waals surface area contributed by atoms with Crippen molar-refractivity contribution in [3.05, 3.63) is 65.5 Å². The van der Waals surface area contributed by atoms with Crippen LogP contribution in [0.4, 0.5) is 0 Å². The van der Waals surface area contributed by atoms with Gasteiger partial charge in [-0.15, -0.1) is 11.3 Å². The topological polar surface area (TPSA) is 103 Å². The van der Waals surface area contributed by atoms with Crippen LogP contribution in [-0.4, -0.2) is 61.2 Å². The number of nitrogens with zero attached hydrogens (tertiary/aromatic N) is 2. The molecule has 0 radical (unpaired) electrons. The number of carbonyl (C=O) groups excluding carboxylic acids is 2. The maximum Gasteiger partial charge on any atom is 0.294 e. The van der Waals surface area contributed by atoms with E-state index < -0.39 is 11.4 Å².